The topological polar surface area (TPSA) is 69.0 Å². The minimum Gasteiger partial charge on any atom is -0.462 e. The lowest BCUT2D eigenvalue weighted by Crippen LogP contribution is -2.22. The van der Waals surface area contributed by atoms with Crippen molar-refractivity contribution in [2.75, 3.05) is 6.61 Å². The fraction of sp³-hybridized carbons (Fsp3) is 0.417. The summed E-state index contributed by atoms with van der Waals surface area (Å²) in [5, 5.41) is 0. The zero-order valence-corrected chi connectivity index (χ0v) is 11.8. The van der Waals surface area contributed by atoms with E-state index in [0.29, 0.717) is 27.9 Å². The van der Waals surface area contributed by atoms with E-state index in [1.165, 1.54) is 4.57 Å². The molecular weight excluding hydrogens is 266 g/mol. The molecule has 0 unspecified atom stereocenters. The Morgan fingerprint density at radius 3 is 2.74 bits per heavy atom. The van der Waals surface area contributed by atoms with Gasteiger partial charge in [0.1, 0.15) is 11.1 Å². The Morgan fingerprint density at radius 2 is 2.16 bits per heavy atom. The molecule has 2 aromatic rings. The van der Waals surface area contributed by atoms with Gasteiger partial charge in [-0.15, -0.1) is 0 Å². The van der Waals surface area contributed by atoms with Crippen LogP contribution >= 0.6 is 12.2 Å². The number of hydrogen-bond donors (Lipinski definition) is 1. The van der Waals surface area contributed by atoms with E-state index in [2.05, 4.69) is 4.98 Å². The highest BCUT2D eigenvalue weighted by Gasteiger charge is 2.18. The van der Waals surface area contributed by atoms with Crippen LogP contribution in [-0.2, 0) is 18.3 Å². The number of carbonyl (C=O) groups excluding carboxylic acids is 1. The molecule has 1 N–H and O–H groups in total. The molecule has 0 saturated carbocycles. The lowest BCUT2D eigenvalue weighted by atomic mass is 10.3. The summed E-state index contributed by atoms with van der Waals surface area (Å²) >= 11 is 5.13. The summed E-state index contributed by atoms with van der Waals surface area (Å²) in [6, 6.07) is 0. The number of aromatic amines is 1. The van der Waals surface area contributed by atoms with Gasteiger partial charge in [0.2, 0.25) is 0 Å². The Morgan fingerprint density at radius 1 is 1.47 bits per heavy atom. The molecule has 102 valence electrons. The molecule has 6 nitrogen and oxygen atoms in total. The highest BCUT2D eigenvalue weighted by molar-refractivity contribution is 7.71. The monoisotopic (exact) mass is 281 g/mol. The first-order valence-corrected chi connectivity index (χ1v) is 6.41. The number of aromatic nitrogens is 3. The van der Waals surface area contributed by atoms with Gasteiger partial charge in [0.05, 0.1) is 12.1 Å². The number of fused-ring (bicyclic) bond motifs is 1. The van der Waals surface area contributed by atoms with Crippen LogP contribution in [0.3, 0.4) is 0 Å². The molecule has 2 aromatic heterocycles. The Kier molecular flexibility index (Phi) is 3.57. The molecule has 0 fully saturated rings. The van der Waals surface area contributed by atoms with Gasteiger partial charge in [0, 0.05) is 19.8 Å². The normalized spacial score (nSPS) is 10.9. The molecule has 0 atom stereocenters. The van der Waals surface area contributed by atoms with E-state index in [4.69, 9.17) is 17.0 Å². The zero-order chi connectivity index (χ0) is 14.2. The highest BCUT2D eigenvalue weighted by atomic mass is 32.1. The van der Waals surface area contributed by atoms with Gasteiger partial charge in [-0.25, -0.2) is 4.79 Å². The van der Waals surface area contributed by atoms with Crippen LogP contribution in [0.2, 0.25) is 0 Å². The Labute approximate surface area is 114 Å². The van der Waals surface area contributed by atoms with E-state index < -0.39 is 5.97 Å². The van der Waals surface area contributed by atoms with Crippen LogP contribution < -0.4 is 5.56 Å². The maximum absolute atomic E-state index is 12.3. The van der Waals surface area contributed by atoms with Crippen LogP contribution in [0.4, 0.5) is 0 Å². The van der Waals surface area contributed by atoms with Crippen molar-refractivity contribution in [3.8, 4) is 0 Å². The van der Waals surface area contributed by atoms with E-state index in [0.717, 1.165) is 0 Å². The number of nitrogens with one attached hydrogen (secondary N) is 1. The van der Waals surface area contributed by atoms with Gasteiger partial charge in [-0.3, -0.25) is 9.36 Å². The maximum Gasteiger partial charge on any atom is 0.341 e. The molecule has 2 heterocycles. The number of rotatable bonds is 3. The standard InChI is InChI=1S/C12H15N3O3S/c1-4-15-10(16)9-8(13-12(15)19)7(6-14(9)3)11(17)18-5-2/h6H,4-5H2,1-3H3,(H,13,19). The van der Waals surface area contributed by atoms with E-state index in [-0.39, 0.29) is 12.2 Å². The number of ether oxygens (including phenoxy) is 1. The number of hydrogen-bond acceptors (Lipinski definition) is 4. The molecule has 0 aliphatic rings. The summed E-state index contributed by atoms with van der Waals surface area (Å²) in [6.45, 7) is 4.33. The van der Waals surface area contributed by atoms with Gasteiger partial charge < -0.3 is 14.3 Å². The van der Waals surface area contributed by atoms with Crippen LogP contribution in [-0.4, -0.2) is 26.7 Å². The van der Waals surface area contributed by atoms with Crippen LogP contribution in [0, 0.1) is 4.77 Å². The van der Waals surface area contributed by atoms with Crippen LogP contribution in [0.25, 0.3) is 11.0 Å². The molecule has 0 saturated heterocycles. The molecule has 0 amide bonds. The number of carbonyl (C=O) groups is 1. The lowest BCUT2D eigenvalue weighted by Gasteiger charge is -2.04. The summed E-state index contributed by atoms with van der Waals surface area (Å²) in [7, 11) is 1.71. The van der Waals surface area contributed by atoms with Crippen molar-refractivity contribution < 1.29 is 9.53 Å². The van der Waals surface area contributed by atoms with E-state index >= 15 is 0 Å². The van der Waals surface area contributed by atoms with Crippen LogP contribution in [0.15, 0.2) is 11.0 Å². The quantitative estimate of drug-likeness (QED) is 0.685. The third-order valence-electron chi connectivity index (χ3n) is 2.92. The molecule has 2 rings (SSSR count). The fourth-order valence-electron chi connectivity index (χ4n) is 2.06. The fourth-order valence-corrected chi connectivity index (χ4v) is 2.37. The SMILES string of the molecule is CCOC(=O)c1cn(C)c2c(=O)n(CC)c(=S)[nH]c12. The minimum atomic E-state index is -0.465. The average Bonchev–Trinajstić information content (AvgIpc) is 2.67. The van der Waals surface area contributed by atoms with Crippen molar-refractivity contribution in [2.45, 2.75) is 20.4 Å². The average molecular weight is 281 g/mol. The van der Waals surface area contributed by atoms with Crippen molar-refractivity contribution in [1.29, 1.82) is 0 Å². The molecule has 0 aromatic carbocycles. The summed E-state index contributed by atoms with van der Waals surface area (Å²) in [5.74, 6) is -0.465. The highest BCUT2D eigenvalue weighted by Crippen LogP contribution is 2.16. The number of aryl methyl sites for hydroxylation is 1. The summed E-state index contributed by atoms with van der Waals surface area (Å²) in [5.41, 5.74) is 0.962. The van der Waals surface area contributed by atoms with Crippen molar-refractivity contribution in [3.05, 3.63) is 26.9 Å². The Bertz CT molecular complexity index is 754. The summed E-state index contributed by atoms with van der Waals surface area (Å²) in [6.07, 6.45) is 1.58. The first-order valence-electron chi connectivity index (χ1n) is 6.00. The lowest BCUT2D eigenvalue weighted by molar-refractivity contribution is 0.0528. The van der Waals surface area contributed by atoms with Gasteiger partial charge in [-0.2, -0.15) is 0 Å². The maximum atomic E-state index is 12.3. The molecule has 0 aliphatic carbocycles. The van der Waals surface area contributed by atoms with E-state index in [1.807, 2.05) is 6.92 Å². The molecule has 0 spiro atoms. The first-order chi connectivity index (χ1) is 9.01. The Balaban J connectivity index is 2.83. The van der Waals surface area contributed by atoms with Gasteiger partial charge in [0.25, 0.3) is 5.56 Å². The smallest absolute Gasteiger partial charge is 0.341 e. The molecule has 0 aliphatic heterocycles. The largest absolute Gasteiger partial charge is 0.462 e. The first kappa shape index (κ1) is 13.5. The van der Waals surface area contributed by atoms with Gasteiger partial charge in [0.15, 0.2) is 4.77 Å². The third-order valence-corrected chi connectivity index (χ3v) is 3.24. The summed E-state index contributed by atoms with van der Waals surface area (Å²) in [4.78, 5) is 27.1. The van der Waals surface area contributed by atoms with Crippen molar-refractivity contribution in [1.82, 2.24) is 14.1 Å². The van der Waals surface area contributed by atoms with Crippen LogP contribution in [0.1, 0.15) is 24.2 Å². The molecule has 7 heteroatoms. The van der Waals surface area contributed by atoms with Gasteiger partial charge >= 0.3 is 5.97 Å². The van der Waals surface area contributed by atoms with Crippen molar-refractivity contribution in [3.63, 3.8) is 0 Å². The molecular formula is C12H15N3O3S. The molecule has 19 heavy (non-hydrogen) atoms. The third kappa shape index (κ3) is 2.10. The predicted octanol–water partition coefficient (Wildman–Crippen LogP) is 1.59. The second-order valence-electron chi connectivity index (χ2n) is 4.08. The minimum absolute atomic E-state index is 0.209. The van der Waals surface area contributed by atoms with E-state index in [1.54, 1.807) is 24.7 Å². The number of H-pyrrole nitrogens is 1. The molecule has 0 bridgehead atoms. The second-order valence-corrected chi connectivity index (χ2v) is 4.46. The van der Waals surface area contributed by atoms with Crippen LogP contribution in [0.5, 0.6) is 0 Å². The predicted molar refractivity (Wildman–Crippen MR) is 74.0 cm³/mol. The summed E-state index contributed by atoms with van der Waals surface area (Å²) < 4.78 is 8.34. The van der Waals surface area contributed by atoms with Gasteiger partial charge in [-0.1, -0.05) is 0 Å². The number of esters is 1. The van der Waals surface area contributed by atoms with Crippen molar-refractivity contribution in [2.24, 2.45) is 7.05 Å². The van der Waals surface area contributed by atoms with Crippen molar-refractivity contribution >= 4 is 29.2 Å². The number of nitrogens with zero attached hydrogens (tertiary/aromatic N) is 2. The molecule has 0 radical (unpaired) electrons. The Hall–Kier alpha value is -1.89. The second kappa shape index (κ2) is 5.00. The van der Waals surface area contributed by atoms with Gasteiger partial charge in [-0.05, 0) is 26.1 Å². The van der Waals surface area contributed by atoms with E-state index in [9.17, 15) is 9.59 Å². The zero-order valence-electron chi connectivity index (χ0n) is 11.0.